The average molecular weight is 451 g/mol. The molecule has 1 aromatic carbocycles. The van der Waals surface area contributed by atoms with Gasteiger partial charge in [-0.2, -0.15) is 0 Å². The minimum Gasteiger partial charge on any atom is -0.493 e. The normalized spacial score (nSPS) is 21.1. The van der Waals surface area contributed by atoms with E-state index in [1.807, 2.05) is 40.1 Å². The Morgan fingerprint density at radius 3 is 2.45 bits per heavy atom. The molecule has 0 saturated carbocycles. The minimum absolute atomic E-state index is 0.0477. The third kappa shape index (κ3) is 6.69. The Bertz CT molecular complexity index is 835. The molecule has 1 aromatic rings. The topological polar surface area (TPSA) is 84.0 Å². The first kappa shape index (κ1) is 23.6. The Hall–Kier alpha value is -2.09. The number of carbonyl (C=O) groups excluding carboxylic acids is 2. The summed E-state index contributed by atoms with van der Waals surface area (Å²) in [5.74, 6) is 0.986. The van der Waals surface area contributed by atoms with E-state index in [0.29, 0.717) is 51.9 Å². The van der Waals surface area contributed by atoms with Crippen LogP contribution in [0.4, 0.5) is 0 Å². The Balaban J connectivity index is 1.47. The highest BCUT2D eigenvalue weighted by molar-refractivity contribution is 7.91. The Kier molecular flexibility index (Phi) is 8.35. The molecule has 0 N–H and O–H groups in total. The van der Waals surface area contributed by atoms with Gasteiger partial charge in [-0.05, 0) is 37.8 Å². The Morgan fingerprint density at radius 1 is 1.13 bits per heavy atom. The lowest BCUT2D eigenvalue weighted by Gasteiger charge is -2.36. The number of ether oxygens (including phenoxy) is 1. The van der Waals surface area contributed by atoms with Crippen molar-refractivity contribution in [2.75, 3.05) is 37.7 Å². The number of amides is 2. The highest BCUT2D eigenvalue weighted by Crippen LogP contribution is 2.25. The molecule has 2 heterocycles. The number of nitrogens with zero attached hydrogens (tertiary/aromatic N) is 2. The number of hydrogen-bond donors (Lipinski definition) is 0. The summed E-state index contributed by atoms with van der Waals surface area (Å²) in [4.78, 5) is 29.4. The number of benzene rings is 1. The van der Waals surface area contributed by atoms with E-state index >= 15 is 0 Å². The third-order valence-electron chi connectivity index (χ3n) is 6.21. The van der Waals surface area contributed by atoms with Crippen LogP contribution < -0.4 is 4.74 Å². The lowest BCUT2D eigenvalue weighted by atomic mass is 9.94. The van der Waals surface area contributed by atoms with E-state index in [4.69, 9.17) is 4.74 Å². The summed E-state index contributed by atoms with van der Waals surface area (Å²) in [6.45, 7) is 4.14. The fourth-order valence-electron chi connectivity index (χ4n) is 4.36. The molecule has 3 rings (SSSR count). The van der Waals surface area contributed by atoms with Gasteiger partial charge < -0.3 is 14.5 Å². The van der Waals surface area contributed by atoms with Crippen molar-refractivity contribution in [2.45, 2.75) is 51.5 Å². The molecule has 0 bridgehead atoms. The van der Waals surface area contributed by atoms with Crippen LogP contribution in [0, 0.1) is 5.92 Å². The largest absolute Gasteiger partial charge is 0.493 e. The molecule has 172 valence electrons. The predicted octanol–water partition coefficient (Wildman–Crippen LogP) is 2.51. The van der Waals surface area contributed by atoms with Gasteiger partial charge in [-0.15, -0.1) is 0 Å². The van der Waals surface area contributed by atoms with E-state index in [2.05, 4.69) is 6.92 Å². The van der Waals surface area contributed by atoms with Crippen molar-refractivity contribution in [3.63, 3.8) is 0 Å². The van der Waals surface area contributed by atoms with E-state index in [1.165, 1.54) is 0 Å². The van der Waals surface area contributed by atoms with Gasteiger partial charge in [-0.3, -0.25) is 9.59 Å². The molecule has 7 nitrogen and oxygen atoms in total. The standard InChI is InChI=1S/C23H34N2O5S/c1-2-3-13-25(20-12-17-31(28,29)18-20)23(27)19-9-14-24(15-10-19)22(26)11-16-30-21-7-5-4-6-8-21/h4-8,19-20H,2-3,9-18H2,1H3. The van der Waals surface area contributed by atoms with Crippen molar-refractivity contribution in [1.29, 1.82) is 0 Å². The van der Waals surface area contributed by atoms with Crippen molar-refractivity contribution < 1.29 is 22.7 Å². The van der Waals surface area contributed by atoms with Crippen LogP contribution >= 0.6 is 0 Å². The van der Waals surface area contributed by atoms with Gasteiger partial charge in [0.25, 0.3) is 0 Å². The number of rotatable bonds is 9. The summed E-state index contributed by atoms with van der Waals surface area (Å²) in [5, 5.41) is 0. The van der Waals surface area contributed by atoms with Crippen LogP contribution in [0.3, 0.4) is 0 Å². The zero-order chi connectivity index (χ0) is 22.3. The average Bonchev–Trinajstić information content (AvgIpc) is 3.14. The van der Waals surface area contributed by atoms with Gasteiger partial charge in [-0.1, -0.05) is 31.5 Å². The maximum Gasteiger partial charge on any atom is 0.226 e. The quantitative estimate of drug-likeness (QED) is 0.577. The number of piperidine rings is 1. The first-order chi connectivity index (χ1) is 14.9. The van der Waals surface area contributed by atoms with Gasteiger partial charge in [0.2, 0.25) is 11.8 Å². The van der Waals surface area contributed by atoms with Crippen LogP contribution in [-0.4, -0.2) is 73.8 Å². The molecule has 2 amide bonds. The fraction of sp³-hybridized carbons (Fsp3) is 0.652. The molecule has 0 spiro atoms. The maximum atomic E-state index is 13.2. The summed E-state index contributed by atoms with van der Waals surface area (Å²) in [5.41, 5.74) is 0. The van der Waals surface area contributed by atoms with Crippen molar-refractivity contribution in [1.82, 2.24) is 9.80 Å². The smallest absolute Gasteiger partial charge is 0.226 e. The van der Waals surface area contributed by atoms with Gasteiger partial charge in [0.05, 0.1) is 24.5 Å². The van der Waals surface area contributed by atoms with Crippen molar-refractivity contribution in [3.8, 4) is 5.75 Å². The molecule has 31 heavy (non-hydrogen) atoms. The van der Waals surface area contributed by atoms with Crippen molar-refractivity contribution in [2.24, 2.45) is 5.92 Å². The second-order valence-electron chi connectivity index (χ2n) is 8.51. The molecule has 2 aliphatic heterocycles. The predicted molar refractivity (Wildman–Crippen MR) is 120 cm³/mol. The summed E-state index contributed by atoms with van der Waals surface area (Å²) >= 11 is 0. The highest BCUT2D eigenvalue weighted by Gasteiger charge is 2.37. The second-order valence-corrected chi connectivity index (χ2v) is 10.7. The van der Waals surface area contributed by atoms with Gasteiger partial charge >= 0.3 is 0 Å². The number of carbonyl (C=O) groups is 2. The maximum absolute atomic E-state index is 13.2. The lowest BCUT2D eigenvalue weighted by molar-refractivity contribution is -0.142. The molecule has 1 atom stereocenters. The Labute approximate surface area is 185 Å². The van der Waals surface area contributed by atoms with E-state index < -0.39 is 9.84 Å². The van der Waals surface area contributed by atoms with Crippen molar-refractivity contribution >= 4 is 21.7 Å². The summed E-state index contributed by atoms with van der Waals surface area (Å²) in [6, 6.07) is 9.23. The Morgan fingerprint density at radius 2 is 1.84 bits per heavy atom. The number of hydrogen-bond acceptors (Lipinski definition) is 5. The monoisotopic (exact) mass is 450 g/mol. The molecule has 2 fully saturated rings. The van der Waals surface area contributed by atoms with E-state index in [0.717, 1.165) is 18.6 Å². The third-order valence-corrected chi connectivity index (χ3v) is 7.96. The van der Waals surface area contributed by atoms with Gasteiger partial charge in [0.15, 0.2) is 9.84 Å². The molecule has 2 aliphatic rings. The molecular formula is C23H34N2O5S. The lowest BCUT2D eigenvalue weighted by Crippen LogP contribution is -2.48. The molecule has 0 radical (unpaired) electrons. The van der Waals surface area contributed by atoms with Crippen LogP contribution in [-0.2, 0) is 19.4 Å². The number of likely N-dealkylation sites (tertiary alicyclic amines) is 1. The zero-order valence-electron chi connectivity index (χ0n) is 18.4. The van der Waals surface area contributed by atoms with E-state index in [9.17, 15) is 18.0 Å². The first-order valence-corrected chi connectivity index (χ1v) is 13.2. The summed E-state index contributed by atoms with van der Waals surface area (Å²) in [7, 11) is -3.04. The van der Waals surface area contributed by atoms with Crippen LogP contribution in [0.15, 0.2) is 30.3 Å². The number of unbranched alkanes of at least 4 members (excludes halogenated alkanes) is 1. The van der Waals surface area contributed by atoms with Crippen LogP contribution in [0.5, 0.6) is 5.75 Å². The van der Waals surface area contributed by atoms with Gasteiger partial charge in [0.1, 0.15) is 5.75 Å². The summed E-state index contributed by atoms with van der Waals surface area (Å²) < 4.78 is 29.5. The first-order valence-electron chi connectivity index (χ1n) is 11.4. The SMILES string of the molecule is CCCCN(C(=O)C1CCN(C(=O)CCOc2ccccc2)CC1)C1CCS(=O)(=O)C1. The summed E-state index contributed by atoms with van der Waals surface area (Å²) in [6.07, 6.45) is 3.95. The molecule has 2 saturated heterocycles. The van der Waals surface area contributed by atoms with Crippen molar-refractivity contribution in [3.05, 3.63) is 30.3 Å². The molecule has 1 unspecified atom stereocenters. The van der Waals surface area contributed by atoms with Gasteiger partial charge in [0, 0.05) is 31.6 Å². The molecule has 8 heteroatoms. The number of sulfone groups is 1. The fourth-order valence-corrected chi connectivity index (χ4v) is 6.09. The van der Waals surface area contributed by atoms with E-state index in [1.54, 1.807) is 0 Å². The van der Waals surface area contributed by atoms with Gasteiger partial charge in [-0.25, -0.2) is 8.42 Å². The van der Waals surface area contributed by atoms with Crippen LogP contribution in [0.25, 0.3) is 0 Å². The molecule has 0 aliphatic carbocycles. The molecular weight excluding hydrogens is 416 g/mol. The van der Waals surface area contributed by atoms with E-state index in [-0.39, 0.29) is 35.3 Å². The van der Waals surface area contributed by atoms with Crippen LogP contribution in [0.1, 0.15) is 45.4 Å². The molecule has 0 aromatic heterocycles. The second kappa shape index (κ2) is 11.0. The number of para-hydroxylation sites is 1. The zero-order valence-corrected chi connectivity index (χ0v) is 19.2. The minimum atomic E-state index is -3.04. The van der Waals surface area contributed by atoms with Crippen LogP contribution in [0.2, 0.25) is 0 Å². The highest BCUT2D eigenvalue weighted by atomic mass is 32.2.